The Balaban J connectivity index is 1.99. The zero-order valence-electron chi connectivity index (χ0n) is 12.1. The predicted octanol–water partition coefficient (Wildman–Crippen LogP) is 4.91. The Morgan fingerprint density at radius 2 is 2.00 bits per heavy atom. The molecule has 0 amide bonds. The maximum atomic E-state index is 10.7. The number of halogens is 1. The minimum atomic E-state index is -0.539. The highest BCUT2D eigenvalue weighted by Crippen LogP contribution is 2.37. The van der Waals surface area contributed by atoms with E-state index in [2.05, 4.69) is 19.1 Å². The monoisotopic (exact) mass is 280 g/mol. The molecule has 0 radical (unpaired) electrons. The zero-order chi connectivity index (χ0) is 13.9. The summed E-state index contributed by atoms with van der Waals surface area (Å²) in [5, 5.41) is 11.5. The first kappa shape index (κ1) is 14.9. The molecule has 1 aromatic carbocycles. The molecule has 0 saturated heterocycles. The van der Waals surface area contributed by atoms with Gasteiger partial charge in [0.15, 0.2) is 0 Å². The van der Waals surface area contributed by atoms with Crippen LogP contribution < -0.4 is 0 Å². The average Bonchev–Trinajstić information content (AvgIpc) is 2.36. The van der Waals surface area contributed by atoms with Crippen LogP contribution in [-0.2, 0) is 6.42 Å². The first-order valence-corrected chi connectivity index (χ1v) is 7.87. The Bertz CT molecular complexity index is 419. The second kappa shape index (κ2) is 6.28. The summed E-state index contributed by atoms with van der Waals surface area (Å²) in [7, 11) is 0. The third-order valence-corrected chi connectivity index (χ3v) is 4.81. The topological polar surface area (TPSA) is 20.2 Å². The van der Waals surface area contributed by atoms with Crippen LogP contribution in [0, 0.1) is 12.8 Å². The van der Waals surface area contributed by atoms with Gasteiger partial charge in [-0.2, -0.15) is 0 Å². The van der Waals surface area contributed by atoms with Gasteiger partial charge in [-0.25, -0.2) is 0 Å². The van der Waals surface area contributed by atoms with E-state index in [-0.39, 0.29) is 0 Å². The predicted molar refractivity (Wildman–Crippen MR) is 81.7 cm³/mol. The molecule has 1 saturated carbocycles. The molecule has 0 bridgehead atoms. The molecule has 1 aromatic rings. The van der Waals surface area contributed by atoms with Crippen molar-refractivity contribution in [2.24, 2.45) is 5.92 Å². The molecule has 0 heterocycles. The summed E-state index contributed by atoms with van der Waals surface area (Å²) >= 11 is 6.28. The van der Waals surface area contributed by atoms with Crippen molar-refractivity contribution in [2.75, 3.05) is 0 Å². The largest absolute Gasteiger partial charge is 0.390 e. The minimum Gasteiger partial charge on any atom is -0.390 e. The number of benzene rings is 1. The summed E-state index contributed by atoms with van der Waals surface area (Å²) in [6.07, 6.45) is 7.42. The van der Waals surface area contributed by atoms with Crippen molar-refractivity contribution in [3.63, 3.8) is 0 Å². The molecule has 106 valence electrons. The second-order valence-corrected chi connectivity index (χ2v) is 6.64. The van der Waals surface area contributed by atoms with Gasteiger partial charge in [-0.05, 0) is 55.7 Å². The summed E-state index contributed by atoms with van der Waals surface area (Å²) in [4.78, 5) is 0. The van der Waals surface area contributed by atoms with Crippen LogP contribution in [-0.4, -0.2) is 10.7 Å². The SMILES string of the molecule is CCCC1CCC(O)(Cc2ccc(C)cc2Cl)CC1. The Kier molecular flexibility index (Phi) is 4.92. The lowest BCUT2D eigenvalue weighted by Crippen LogP contribution is -2.36. The van der Waals surface area contributed by atoms with Crippen molar-refractivity contribution < 1.29 is 5.11 Å². The van der Waals surface area contributed by atoms with E-state index in [1.54, 1.807) is 0 Å². The van der Waals surface area contributed by atoms with Gasteiger partial charge in [-0.3, -0.25) is 0 Å². The van der Waals surface area contributed by atoms with Crippen LogP contribution >= 0.6 is 11.6 Å². The van der Waals surface area contributed by atoms with Crippen molar-refractivity contribution >= 4 is 11.6 Å². The molecular formula is C17H25ClO. The van der Waals surface area contributed by atoms with Gasteiger partial charge in [0, 0.05) is 11.4 Å². The van der Waals surface area contributed by atoms with Gasteiger partial charge >= 0.3 is 0 Å². The van der Waals surface area contributed by atoms with E-state index in [0.29, 0.717) is 6.42 Å². The summed E-state index contributed by atoms with van der Waals surface area (Å²) in [5.41, 5.74) is 1.72. The number of aryl methyl sites for hydroxylation is 1. The van der Waals surface area contributed by atoms with Crippen LogP contribution in [0.5, 0.6) is 0 Å². The fourth-order valence-electron chi connectivity index (χ4n) is 3.24. The van der Waals surface area contributed by atoms with Crippen molar-refractivity contribution in [3.05, 3.63) is 34.3 Å². The molecular weight excluding hydrogens is 256 g/mol. The fraction of sp³-hybridized carbons (Fsp3) is 0.647. The van der Waals surface area contributed by atoms with Gasteiger partial charge in [-0.1, -0.05) is 43.5 Å². The molecule has 1 aliphatic carbocycles. The van der Waals surface area contributed by atoms with Crippen LogP contribution in [0.4, 0.5) is 0 Å². The third-order valence-electron chi connectivity index (χ3n) is 4.46. The smallest absolute Gasteiger partial charge is 0.0688 e. The van der Waals surface area contributed by atoms with Gasteiger partial charge in [0.2, 0.25) is 0 Å². The third kappa shape index (κ3) is 3.97. The zero-order valence-corrected chi connectivity index (χ0v) is 12.8. The highest BCUT2D eigenvalue weighted by Gasteiger charge is 2.33. The number of rotatable bonds is 4. The molecule has 1 aliphatic rings. The molecule has 0 aliphatic heterocycles. The fourth-order valence-corrected chi connectivity index (χ4v) is 3.54. The van der Waals surface area contributed by atoms with Gasteiger partial charge in [0.25, 0.3) is 0 Å². The molecule has 19 heavy (non-hydrogen) atoms. The van der Waals surface area contributed by atoms with Crippen LogP contribution in [0.15, 0.2) is 18.2 Å². The first-order chi connectivity index (χ1) is 9.02. The van der Waals surface area contributed by atoms with E-state index < -0.39 is 5.60 Å². The number of hydrogen-bond acceptors (Lipinski definition) is 1. The summed E-state index contributed by atoms with van der Waals surface area (Å²) in [6.45, 7) is 4.28. The van der Waals surface area contributed by atoms with Gasteiger partial charge < -0.3 is 5.11 Å². The normalized spacial score (nSPS) is 27.5. The average molecular weight is 281 g/mol. The Morgan fingerprint density at radius 1 is 1.32 bits per heavy atom. The van der Waals surface area contributed by atoms with E-state index in [4.69, 9.17) is 11.6 Å². The van der Waals surface area contributed by atoms with E-state index in [0.717, 1.165) is 42.2 Å². The van der Waals surface area contributed by atoms with Crippen LogP contribution in [0.1, 0.15) is 56.6 Å². The first-order valence-electron chi connectivity index (χ1n) is 7.50. The van der Waals surface area contributed by atoms with Gasteiger partial charge in [0.05, 0.1) is 5.60 Å². The van der Waals surface area contributed by atoms with Crippen LogP contribution in [0.2, 0.25) is 5.02 Å². The molecule has 1 fully saturated rings. The van der Waals surface area contributed by atoms with E-state index >= 15 is 0 Å². The lowest BCUT2D eigenvalue weighted by Gasteiger charge is -2.36. The number of aliphatic hydroxyl groups is 1. The molecule has 0 spiro atoms. The summed E-state index contributed by atoms with van der Waals surface area (Å²) in [6, 6.07) is 6.13. The summed E-state index contributed by atoms with van der Waals surface area (Å²) in [5.74, 6) is 0.818. The van der Waals surface area contributed by atoms with Crippen molar-refractivity contribution in [1.29, 1.82) is 0 Å². The van der Waals surface area contributed by atoms with Crippen molar-refractivity contribution in [2.45, 2.75) is 64.4 Å². The molecule has 0 unspecified atom stereocenters. The Labute approximate surface area is 122 Å². The second-order valence-electron chi connectivity index (χ2n) is 6.23. The lowest BCUT2D eigenvalue weighted by molar-refractivity contribution is -0.00986. The highest BCUT2D eigenvalue weighted by molar-refractivity contribution is 6.31. The summed E-state index contributed by atoms with van der Waals surface area (Å²) < 4.78 is 0. The van der Waals surface area contributed by atoms with Crippen molar-refractivity contribution in [3.8, 4) is 0 Å². The highest BCUT2D eigenvalue weighted by atomic mass is 35.5. The van der Waals surface area contributed by atoms with Crippen LogP contribution in [0.25, 0.3) is 0 Å². The van der Waals surface area contributed by atoms with E-state index in [1.807, 2.05) is 13.0 Å². The lowest BCUT2D eigenvalue weighted by atomic mass is 9.74. The van der Waals surface area contributed by atoms with E-state index in [1.165, 1.54) is 18.4 Å². The molecule has 1 N–H and O–H groups in total. The Morgan fingerprint density at radius 3 is 2.58 bits per heavy atom. The van der Waals surface area contributed by atoms with Crippen molar-refractivity contribution in [1.82, 2.24) is 0 Å². The number of hydrogen-bond donors (Lipinski definition) is 1. The molecule has 2 rings (SSSR count). The quantitative estimate of drug-likeness (QED) is 0.831. The minimum absolute atomic E-state index is 0.539. The van der Waals surface area contributed by atoms with Crippen LogP contribution in [0.3, 0.4) is 0 Å². The van der Waals surface area contributed by atoms with Gasteiger partial charge in [0.1, 0.15) is 0 Å². The molecule has 1 nitrogen and oxygen atoms in total. The molecule has 0 aromatic heterocycles. The maximum Gasteiger partial charge on any atom is 0.0688 e. The molecule has 0 atom stereocenters. The van der Waals surface area contributed by atoms with E-state index in [9.17, 15) is 5.11 Å². The maximum absolute atomic E-state index is 10.7. The standard InChI is InChI=1S/C17H25ClO/c1-3-4-14-7-9-17(19,10-8-14)12-15-6-5-13(2)11-16(15)18/h5-6,11,14,19H,3-4,7-10,12H2,1-2H3. The van der Waals surface area contributed by atoms with Gasteiger partial charge in [-0.15, -0.1) is 0 Å². The Hall–Kier alpha value is -0.530. The molecule has 2 heteroatoms.